The Morgan fingerprint density at radius 2 is 2.00 bits per heavy atom. The molecule has 0 aliphatic carbocycles. The fraction of sp³-hybridized carbons (Fsp3) is 0.421. The number of piperidine rings is 1. The predicted molar refractivity (Wildman–Crippen MR) is 94.9 cm³/mol. The van der Waals surface area contributed by atoms with Crippen LogP contribution in [0.2, 0.25) is 0 Å². The Morgan fingerprint density at radius 1 is 1.31 bits per heavy atom. The van der Waals surface area contributed by atoms with Crippen LogP contribution in [0.4, 0.5) is 10.3 Å². The number of hydrogen-bond acceptors (Lipinski definition) is 6. The van der Waals surface area contributed by atoms with E-state index in [1.165, 1.54) is 0 Å². The molecular weight excluding hydrogens is 337 g/mol. The number of aliphatic hydroxyl groups is 1. The number of carbonyl (C=O) groups is 1. The lowest BCUT2D eigenvalue weighted by atomic mass is 9.97. The molecule has 0 radical (unpaired) electrons. The summed E-state index contributed by atoms with van der Waals surface area (Å²) >= 11 is 0. The molecular formula is C19H22FN3O3. The SMILES string of the molecule is CCOC(=O)C1CCN(c2ncc(-c3cccc(CO)c3F)cn2)CC1. The quantitative estimate of drug-likeness (QED) is 0.827. The minimum absolute atomic E-state index is 0.0687. The molecule has 0 saturated carbocycles. The fourth-order valence-corrected chi connectivity index (χ4v) is 3.12. The van der Waals surface area contributed by atoms with Gasteiger partial charge in [-0.3, -0.25) is 4.79 Å². The third-order valence-corrected chi connectivity index (χ3v) is 4.60. The molecule has 1 aromatic carbocycles. The minimum Gasteiger partial charge on any atom is -0.466 e. The molecule has 2 aromatic rings. The highest BCUT2D eigenvalue weighted by molar-refractivity contribution is 5.72. The van der Waals surface area contributed by atoms with E-state index in [2.05, 4.69) is 9.97 Å². The summed E-state index contributed by atoms with van der Waals surface area (Å²) in [5.74, 6) is -0.0974. The van der Waals surface area contributed by atoms with Crippen molar-refractivity contribution in [2.75, 3.05) is 24.6 Å². The van der Waals surface area contributed by atoms with Gasteiger partial charge in [0.25, 0.3) is 0 Å². The number of nitrogens with zero attached hydrogens (tertiary/aromatic N) is 3. The van der Waals surface area contributed by atoms with E-state index in [9.17, 15) is 14.3 Å². The third kappa shape index (κ3) is 3.83. The highest BCUT2D eigenvalue weighted by Gasteiger charge is 2.27. The van der Waals surface area contributed by atoms with Gasteiger partial charge in [-0.25, -0.2) is 14.4 Å². The van der Waals surface area contributed by atoms with Crippen molar-refractivity contribution in [1.29, 1.82) is 0 Å². The Bertz CT molecular complexity index is 759. The van der Waals surface area contributed by atoms with E-state index in [0.29, 0.717) is 49.6 Å². The summed E-state index contributed by atoms with van der Waals surface area (Å²) in [6, 6.07) is 4.87. The number of carbonyl (C=O) groups excluding carboxylic acids is 1. The van der Waals surface area contributed by atoms with Gasteiger partial charge < -0.3 is 14.7 Å². The van der Waals surface area contributed by atoms with Crippen LogP contribution in [0.3, 0.4) is 0 Å². The van der Waals surface area contributed by atoms with Crippen molar-refractivity contribution in [3.05, 3.63) is 42.0 Å². The van der Waals surface area contributed by atoms with Gasteiger partial charge in [-0.05, 0) is 19.8 Å². The second-order valence-corrected chi connectivity index (χ2v) is 6.22. The molecule has 1 aliphatic rings. The molecule has 0 spiro atoms. The number of anilines is 1. The predicted octanol–water partition coefficient (Wildman–Crippen LogP) is 2.55. The number of esters is 1. The summed E-state index contributed by atoms with van der Waals surface area (Å²) in [5, 5.41) is 9.19. The van der Waals surface area contributed by atoms with Crippen LogP contribution >= 0.6 is 0 Å². The van der Waals surface area contributed by atoms with Gasteiger partial charge >= 0.3 is 5.97 Å². The molecule has 0 amide bonds. The van der Waals surface area contributed by atoms with Crippen molar-refractivity contribution in [1.82, 2.24) is 9.97 Å². The van der Waals surface area contributed by atoms with Crippen LogP contribution < -0.4 is 4.90 Å². The second kappa shape index (κ2) is 8.23. The summed E-state index contributed by atoms with van der Waals surface area (Å²) in [4.78, 5) is 22.5. The Morgan fingerprint density at radius 3 is 2.62 bits per heavy atom. The summed E-state index contributed by atoms with van der Waals surface area (Å²) in [6.45, 7) is 3.21. The Labute approximate surface area is 151 Å². The molecule has 7 heteroatoms. The highest BCUT2D eigenvalue weighted by Crippen LogP contribution is 2.26. The number of ether oxygens (including phenoxy) is 1. The third-order valence-electron chi connectivity index (χ3n) is 4.60. The molecule has 0 bridgehead atoms. The average molecular weight is 359 g/mol. The summed E-state index contributed by atoms with van der Waals surface area (Å²) in [5.41, 5.74) is 1.17. The van der Waals surface area contributed by atoms with E-state index < -0.39 is 5.82 Å². The average Bonchev–Trinajstić information content (AvgIpc) is 2.69. The van der Waals surface area contributed by atoms with Crippen molar-refractivity contribution in [2.45, 2.75) is 26.4 Å². The monoisotopic (exact) mass is 359 g/mol. The van der Waals surface area contributed by atoms with Gasteiger partial charge in [-0.1, -0.05) is 18.2 Å². The topological polar surface area (TPSA) is 75.5 Å². The standard InChI is InChI=1S/C19H22FN3O3/c1-2-26-18(25)13-6-8-23(9-7-13)19-21-10-15(11-22-19)16-5-3-4-14(12-24)17(16)20/h3-5,10-11,13,24H,2,6-9,12H2,1H3. The van der Waals surface area contributed by atoms with Crippen LogP contribution in [0.1, 0.15) is 25.3 Å². The van der Waals surface area contributed by atoms with Crippen molar-refractivity contribution >= 4 is 11.9 Å². The zero-order chi connectivity index (χ0) is 18.5. The number of aromatic nitrogens is 2. The van der Waals surface area contributed by atoms with E-state index >= 15 is 0 Å². The zero-order valence-electron chi connectivity index (χ0n) is 14.7. The van der Waals surface area contributed by atoms with E-state index in [1.807, 2.05) is 11.8 Å². The van der Waals surface area contributed by atoms with Crippen molar-refractivity contribution in [3.8, 4) is 11.1 Å². The molecule has 6 nitrogen and oxygen atoms in total. The Balaban J connectivity index is 1.68. The van der Waals surface area contributed by atoms with Crippen LogP contribution in [-0.2, 0) is 16.1 Å². The van der Waals surface area contributed by atoms with Crippen LogP contribution in [0.25, 0.3) is 11.1 Å². The first kappa shape index (κ1) is 18.3. The van der Waals surface area contributed by atoms with E-state index in [-0.39, 0.29) is 24.1 Å². The van der Waals surface area contributed by atoms with E-state index in [0.717, 1.165) is 0 Å². The summed E-state index contributed by atoms with van der Waals surface area (Å²) in [6.07, 6.45) is 4.58. The molecule has 2 heterocycles. The number of hydrogen-bond donors (Lipinski definition) is 1. The van der Waals surface area contributed by atoms with Gasteiger partial charge in [-0.2, -0.15) is 0 Å². The van der Waals surface area contributed by atoms with Gasteiger partial charge in [-0.15, -0.1) is 0 Å². The highest BCUT2D eigenvalue weighted by atomic mass is 19.1. The Hall–Kier alpha value is -2.54. The fourth-order valence-electron chi connectivity index (χ4n) is 3.12. The summed E-state index contributed by atoms with van der Waals surface area (Å²) in [7, 11) is 0. The number of aliphatic hydroxyl groups excluding tert-OH is 1. The van der Waals surface area contributed by atoms with E-state index in [4.69, 9.17) is 4.74 Å². The Kier molecular flexibility index (Phi) is 5.78. The lowest BCUT2D eigenvalue weighted by molar-refractivity contribution is -0.148. The van der Waals surface area contributed by atoms with Gasteiger partial charge in [0, 0.05) is 42.2 Å². The van der Waals surface area contributed by atoms with E-state index in [1.54, 1.807) is 30.6 Å². The molecule has 0 unspecified atom stereocenters. The maximum atomic E-state index is 14.3. The smallest absolute Gasteiger partial charge is 0.309 e. The molecule has 1 aromatic heterocycles. The summed E-state index contributed by atoms with van der Waals surface area (Å²) < 4.78 is 19.4. The van der Waals surface area contributed by atoms with Gasteiger partial charge in [0.05, 0.1) is 19.1 Å². The molecule has 1 N–H and O–H groups in total. The molecule has 26 heavy (non-hydrogen) atoms. The normalized spacial score (nSPS) is 15.1. The van der Waals surface area contributed by atoms with Crippen LogP contribution in [0.15, 0.2) is 30.6 Å². The van der Waals surface area contributed by atoms with Crippen molar-refractivity contribution in [3.63, 3.8) is 0 Å². The molecule has 3 rings (SSSR count). The molecule has 0 atom stereocenters. The van der Waals surface area contributed by atoms with Crippen LogP contribution in [0.5, 0.6) is 0 Å². The number of benzene rings is 1. The first-order valence-corrected chi connectivity index (χ1v) is 8.76. The van der Waals surface area contributed by atoms with Crippen LogP contribution in [-0.4, -0.2) is 40.7 Å². The van der Waals surface area contributed by atoms with Crippen LogP contribution in [0, 0.1) is 11.7 Å². The number of halogens is 1. The van der Waals surface area contributed by atoms with Gasteiger partial charge in [0.2, 0.25) is 5.95 Å². The maximum absolute atomic E-state index is 14.3. The largest absolute Gasteiger partial charge is 0.466 e. The second-order valence-electron chi connectivity index (χ2n) is 6.22. The van der Waals surface area contributed by atoms with Gasteiger partial charge in [0.1, 0.15) is 5.82 Å². The lowest BCUT2D eigenvalue weighted by Crippen LogP contribution is -2.37. The molecule has 1 saturated heterocycles. The molecule has 1 aliphatic heterocycles. The zero-order valence-corrected chi connectivity index (χ0v) is 14.7. The molecule has 138 valence electrons. The first-order chi connectivity index (χ1) is 12.6. The van der Waals surface area contributed by atoms with Crippen molar-refractivity contribution in [2.24, 2.45) is 5.92 Å². The minimum atomic E-state index is -0.457. The molecule has 1 fully saturated rings. The van der Waals surface area contributed by atoms with Gasteiger partial charge in [0.15, 0.2) is 0 Å². The maximum Gasteiger partial charge on any atom is 0.309 e. The first-order valence-electron chi connectivity index (χ1n) is 8.76. The number of rotatable bonds is 5. The van der Waals surface area contributed by atoms with Crippen molar-refractivity contribution < 1.29 is 19.0 Å². The lowest BCUT2D eigenvalue weighted by Gasteiger charge is -2.30.